The van der Waals surface area contributed by atoms with E-state index in [1.165, 1.54) is 0 Å². The van der Waals surface area contributed by atoms with Crippen LogP contribution in [-0.4, -0.2) is 45.3 Å². The quantitative estimate of drug-likeness (QED) is 0.556. The maximum atomic E-state index is 12.8. The summed E-state index contributed by atoms with van der Waals surface area (Å²) in [7, 11) is 0. The van der Waals surface area contributed by atoms with E-state index >= 15 is 0 Å². The Hall–Kier alpha value is -2.28. The van der Waals surface area contributed by atoms with Crippen LogP contribution in [0.2, 0.25) is 0 Å². The summed E-state index contributed by atoms with van der Waals surface area (Å²) in [6.07, 6.45) is 4.00. The van der Waals surface area contributed by atoms with Crippen LogP contribution in [0.4, 0.5) is 0 Å². The first kappa shape index (κ1) is 21.4. The van der Waals surface area contributed by atoms with Crippen molar-refractivity contribution in [1.29, 1.82) is 0 Å². The summed E-state index contributed by atoms with van der Waals surface area (Å²) >= 11 is 0. The number of aliphatic hydroxyl groups is 2. The predicted molar refractivity (Wildman–Crippen MR) is 108 cm³/mol. The van der Waals surface area contributed by atoms with E-state index in [0.29, 0.717) is 61.3 Å². The van der Waals surface area contributed by atoms with Gasteiger partial charge in [-0.2, -0.15) is 0 Å². The lowest BCUT2D eigenvalue weighted by Gasteiger charge is -2.32. The number of aliphatic hydroxyl groups excluding tert-OH is 2. The molecule has 0 saturated heterocycles. The van der Waals surface area contributed by atoms with Crippen LogP contribution in [0.25, 0.3) is 0 Å². The Balaban J connectivity index is 1.87. The van der Waals surface area contributed by atoms with Crippen LogP contribution < -0.4 is 0 Å². The molecule has 1 aromatic rings. The monoisotopic (exact) mass is 402 g/mol. The van der Waals surface area contributed by atoms with Crippen LogP contribution in [0, 0.1) is 5.41 Å². The molecule has 0 aromatic carbocycles. The van der Waals surface area contributed by atoms with Crippen molar-refractivity contribution in [2.75, 3.05) is 6.61 Å². The van der Waals surface area contributed by atoms with Crippen molar-refractivity contribution >= 4 is 17.3 Å². The lowest BCUT2D eigenvalue weighted by Crippen LogP contribution is -2.33. The number of nitrogens with zero attached hydrogens (tertiary/aromatic N) is 2. The van der Waals surface area contributed by atoms with Crippen molar-refractivity contribution in [3.63, 3.8) is 0 Å². The van der Waals surface area contributed by atoms with Crippen molar-refractivity contribution in [2.24, 2.45) is 10.4 Å². The molecule has 158 valence electrons. The number of carbonyl (C=O) groups is 2. The minimum absolute atomic E-state index is 0.0288. The van der Waals surface area contributed by atoms with Crippen LogP contribution in [0.1, 0.15) is 81.1 Å². The molecule has 1 atom stereocenters. The van der Waals surface area contributed by atoms with Gasteiger partial charge in [0.25, 0.3) is 0 Å². The van der Waals surface area contributed by atoms with Gasteiger partial charge in [0.1, 0.15) is 11.5 Å². The molecule has 1 unspecified atom stereocenters. The zero-order chi connectivity index (χ0) is 21.2. The highest BCUT2D eigenvalue weighted by atomic mass is 16.5. The molecule has 7 heteroatoms. The average Bonchev–Trinajstić information content (AvgIpc) is 3.07. The van der Waals surface area contributed by atoms with Crippen LogP contribution >= 0.6 is 0 Å². The van der Waals surface area contributed by atoms with Crippen molar-refractivity contribution in [3.8, 4) is 0 Å². The molecule has 3 rings (SSSR count). The Labute approximate surface area is 170 Å². The van der Waals surface area contributed by atoms with Gasteiger partial charge in [-0.05, 0) is 24.7 Å². The van der Waals surface area contributed by atoms with Gasteiger partial charge in [-0.1, -0.05) is 25.9 Å². The number of hydrogen-bond acceptors (Lipinski definition) is 7. The molecule has 2 aliphatic rings. The van der Waals surface area contributed by atoms with Gasteiger partial charge < -0.3 is 14.7 Å². The van der Waals surface area contributed by atoms with Gasteiger partial charge in [-0.3, -0.25) is 14.6 Å². The number of hydrogen-bond donors (Lipinski definition) is 2. The molecule has 0 amide bonds. The number of carbonyl (C=O) groups excluding carboxylic acids is 2. The Morgan fingerprint density at radius 2 is 2.00 bits per heavy atom. The van der Waals surface area contributed by atoms with Crippen molar-refractivity contribution in [2.45, 2.75) is 78.2 Å². The molecule has 0 radical (unpaired) electrons. The summed E-state index contributed by atoms with van der Waals surface area (Å²) in [5, 5.41) is 24.3. The fraction of sp³-hybridized carbons (Fsp3) is 0.636. The van der Waals surface area contributed by atoms with E-state index in [4.69, 9.17) is 4.52 Å². The summed E-state index contributed by atoms with van der Waals surface area (Å²) in [6.45, 7) is 5.83. The molecule has 1 aromatic heterocycles. The smallest absolute Gasteiger partial charge is 0.168 e. The second-order valence-electron chi connectivity index (χ2n) is 8.79. The van der Waals surface area contributed by atoms with E-state index < -0.39 is 0 Å². The summed E-state index contributed by atoms with van der Waals surface area (Å²) in [6, 6.07) is -0.297. The normalized spacial score (nSPS) is 23.2. The molecule has 2 aliphatic carbocycles. The van der Waals surface area contributed by atoms with Gasteiger partial charge in [0.15, 0.2) is 11.6 Å². The van der Waals surface area contributed by atoms with Crippen LogP contribution in [0.3, 0.4) is 0 Å². The van der Waals surface area contributed by atoms with Gasteiger partial charge >= 0.3 is 0 Å². The number of ketones is 2. The Bertz CT molecular complexity index is 859. The fourth-order valence-electron chi connectivity index (χ4n) is 4.12. The molecule has 1 saturated carbocycles. The zero-order valence-corrected chi connectivity index (χ0v) is 17.5. The lowest BCUT2D eigenvalue weighted by atomic mass is 9.73. The third-order valence-corrected chi connectivity index (χ3v) is 5.68. The maximum absolute atomic E-state index is 12.8. The highest BCUT2D eigenvalue weighted by Crippen LogP contribution is 2.36. The van der Waals surface area contributed by atoms with Gasteiger partial charge in [0.2, 0.25) is 0 Å². The summed E-state index contributed by atoms with van der Waals surface area (Å²) in [5.74, 6) is 0.483. The molecule has 1 fully saturated rings. The highest BCUT2D eigenvalue weighted by molar-refractivity contribution is 6.24. The second-order valence-corrected chi connectivity index (χ2v) is 8.79. The van der Waals surface area contributed by atoms with Crippen LogP contribution in [0.5, 0.6) is 0 Å². The number of Topliss-reactive ketones (excluding diaryl/α,β-unsaturated/α-hetero) is 2. The first-order valence-electron chi connectivity index (χ1n) is 10.4. The molecule has 0 spiro atoms. The van der Waals surface area contributed by atoms with Crippen LogP contribution in [-0.2, 0) is 17.6 Å². The number of allylic oxidation sites excluding steroid dienone is 2. The zero-order valence-electron chi connectivity index (χ0n) is 17.5. The van der Waals surface area contributed by atoms with Crippen molar-refractivity contribution in [3.05, 3.63) is 28.3 Å². The predicted octanol–water partition coefficient (Wildman–Crippen LogP) is 3.54. The number of fused-ring (bicyclic) bond motifs is 1. The molecule has 29 heavy (non-hydrogen) atoms. The number of aryl methyl sites for hydroxylation is 2. The van der Waals surface area contributed by atoms with Crippen LogP contribution in [0.15, 0.2) is 20.8 Å². The first-order valence-corrected chi connectivity index (χ1v) is 10.4. The largest absolute Gasteiger partial charge is 0.511 e. The topological polar surface area (TPSA) is 113 Å². The molecule has 2 N–H and O–H groups in total. The minimum atomic E-state index is -0.297. The van der Waals surface area contributed by atoms with Crippen molar-refractivity contribution < 1.29 is 24.3 Å². The molecule has 0 bridgehead atoms. The van der Waals surface area contributed by atoms with E-state index in [2.05, 4.69) is 10.1 Å². The average molecular weight is 402 g/mol. The van der Waals surface area contributed by atoms with E-state index in [-0.39, 0.29) is 47.4 Å². The van der Waals surface area contributed by atoms with E-state index in [1.54, 1.807) is 0 Å². The summed E-state index contributed by atoms with van der Waals surface area (Å²) in [4.78, 5) is 29.6. The number of aromatic nitrogens is 1. The molecule has 7 nitrogen and oxygen atoms in total. The molecule has 1 heterocycles. The summed E-state index contributed by atoms with van der Waals surface area (Å²) < 4.78 is 5.30. The van der Waals surface area contributed by atoms with Gasteiger partial charge in [0.05, 0.1) is 29.5 Å². The Kier molecular flexibility index (Phi) is 6.36. The maximum Gasteiger partial charge on any atom is 0.168 e. The van der Waals surface area contributed by atoms with Gasteiger partial charge in [-0.15, -0.1) is 0 Å². The lowest BCUT2D eigenvalue weighted by molar-refractivity contribution is -0.117. The molecular weight excluding hydrogens is 372 g/mol. The summed E-state index contributed by atoms with van der Waals surface area (Å²) in [5.41, 5.74) is 1.67. The molecule has 0 aliphatic heterocycles. The van der Waals surface area contributed by atoms with E-state index in [1.807, 2.05) is 20.8 Å². The minimum Gasteiger partial charge on any atom is -0.511 e. The van der Waals surface area contributed by atoms with Gasteiger partial charge in [-0.25, -0.2) is 0 Å². The van der Waals surface area contributed by atoms with E-state index in [9.17, 15) is 19.8 Å². The third kappa shape index (κ3) is 4.66. The SMILES string of the molecule is CCC(CO)N=C1CC(C)(C)CC(=O)C1=C(O)CCc1noc2c1C(=O)CCC2. The Morgan fingerprint density at radius 3 is 2.69 bits per heavy atom. The highest BCUT2D eigenvalue weighted by Gasteiger charge is 2.36. The standard InChI is InChI=1S/C22H30N2O5/c1-4-13(12-25)23-15-10-22(2,3)11-18(28)20(15)17(27)9-8-14-21-16(26)6-5-7-19(21)29-24-14/h13,25,27H,4-12H2,1-3H3. The second kappa shape index (κ2) is 8.61. The fourth-order valence-corrected chi connectivity index (χ4v) is 4.12. The Morgan fingerprint density at radius 1 is 1.24 bits per heavy atom. The van der Waals surface area contributed by atoms with Gasteiger partial charge in [0, 0.05) is 37.8 Å². The number of aliphatic imine (C=N–C) groups is 1. The van der Waals surface area contributed by atoms with Crippen molar-refractivity contribution in [1.82, 2.24) is 5.16 Å². The van der Waals surface area contributed by atoms with E-state index in [0.717, 1.165) is 6.42 Å². The molecular formula is C22H30N2O5. The number of rotatable bonds is 6. The first-order chi connectivity index (χ1) is 13.8. The third-order valence-electron chi connectivity index (χ3n) is 5.68.